The van der Waals surface area contributed by atoms with Crippen LogP contribution >= 0.6 is 11.3 Å². The van der Waals surface area contributed by atoms with E-state index in [4.69, 9.17) is 4.74 Å². The number of carbonyl (C=O) groups is 1. The molecule has 0 unspecified atom stereocenters. The Kier molecular flexibility index (Phi) is 3.93. The fourth-order valence-corrected chi connectivity index (χ4v) is 4.35. The van der Waals surface area contributed by atoms with E-state index in [1.54, 1.807) is 30.6 Å². The van der Waals surface area contributed by atoms with Gasteiger partial charge in [-0.15, -0.1) is 11.3 Å². The molecule has 0 saturated heterocycles. The summed E-state index contributed by atoms with van der Waals surface area (Å²) in [5.41, 5.74) is 4.01. The standard InChI is InChI=1S/C20H17NO3S/c1-24-15-8-4-13(5-9-15)17-11-25-20-16(10-18(23)21-19(17)20)12-2-6-14(22)7-3-12/h2-9,11,16,22H,10H2,1H3,(H,21,23)/t16-/m1/s1. The van der Waals surface area contributed by atoms with E-state index in [9.17, 15) is 9.90 Å². The van der Waals surface area contributed by atoms with Crippen LogP contribution in [-0.4, -0.2) is 18.1 Å². The predicted octanol–water partition coefficient (Wildman–Crippen LogP) is 4.60. The van der Waals surface area contributed by atoms with E-state index in [0.717, 1.165) is 33.0 Å². The van der Waals surface area contributed by atoms with Crippen molar-refractivity contribution in [3.05, 3.63) is 64.4 Å². The van der Waals surface area contributed by atoms with E-state index in [-0.39, 0.29) is 17.6 Å². The number of thiophene rings is 1. The number of methoxy groups -OCH3 is 1. The summed E-state index contributed by atoms with van der Waals surface area (Å²) in [6, 6.07) is 14.9. The van der Waals surface area contributed by atoms with Gasteiger partial charge in [0, 0.05) is 28.2 Å². The molecule has 1 aromatic heterocycles. The second-order valence-electron chi connectivity index (χ2n) is 6.01. The first kappa shape index (κ1) is 15.7. The minimum Gasteiger partial charge on any atom is -0.508 e. The summed E-state index contributed by atoms with van der Waals surface area (Å²) in [5, 5.41) is 14.6. The van der Waals surface area contributed by atoms with Gasteiger partial charge in [0.05, 0.1) is 12.8 Å². The highest BCUT2D eigenvalue weighted by molar-refractivity contribution is 7.11. The van der Waals surface area contributed by atoms with Crippen LogP contribution in [0.5, 0.6) is 11.5 Å². The van der Waals surface area contributed by atoms with Crippen molar-refractivity contribution in [1.82, 2.24) is 0 Å². The van der Waals surface area contributed by atoms with Crippen molar-refractivity contribution in [2.45, 2.75) is 12.3 Å². The maximum absolute atomic E-state index is 12.3. The largest absolute Gasteiger partial charge is 0.508 e. The minimum atomic E-state index is 0.0127. The number of phenolic OH excluding ortho intramolecular Hbond substituents is 1. The topological polar surface area (TPSA) is 58.6 Å². The number of rotatable bonds is 3. The fraction of sp³-hybridized carbons (Fsp3) is 0.150. The summed E-state index contributed by atoms with van der Waals surface area (Å²) >= 11 is 1.66. The number of nitrogens with one attached hydrogen (secondary N) is 1. The number of anilines is 1. The van der Waals surface area contributed by atoms with Gasteiger partial charge in [-0.3, -0.25) is 4.79 Å². The van der Waals surface area contributed by atoms with E-state index in [1.807, 2.05) is 36.4 Å². The molecule has 3 aromatic rings. The summed E-state index contributed by atoms with van der Waals surface area (Å²) < 4.78 is 5.21. The number of hydrogen-bond donors (Lipinski definition) is 2. The van der Waals surface area contributed by atoms with Gasteiger partial charge in [0.25, 0.3) is 0 Å². The number of ether oxygens (including phenoxy) is 1. The highest BCUT2D eigenvalue weighted by Crippen LogP contribution is 2.46. The Morgan fingerprint density at radius 1 is 1.12 bits per heavy atom. The molecule has 0 bridgehead atoms. The van der Waals surface area contributed by atoms with Crippen molar-refractivity contribution in [2.24, 2.45) is 0 Å². The lowest BCUT2D eigenvalue weighted by Gasteiger charge is -2.24. The maximum atomic E-state index is 12.3. The third kappa shape index (κ3) is 2.87. The first-order chi connectivity index (χ1) is 12.2. The van der Waals surface area contributed by atoms with Crippen LogP contribution in [0.3, 0.4) is 0 Å². The molecule has 1 atom stereocenters. The maximum Gasteiger partial charge on any atom is 0.225 e. The molecule has 25 heavy (non-hydrogen) atoms. The van der Waals surface area contributed by atoms with Gasteiger partial charge in [0.2, 0.25) is 5.91 Å². The van der Waals surface area contributed by atoms with Crippen molar-refractivity contribution < 1.29 is 14.6 Å². The van der Waals surface area contributed by atoms with E-state index in [1.165, 1.54) is 0 Å². The number of fused-ring (bicyclic) bond motifs is 1. The first-order valence-electron chi connectivity index (χ1n) is 8.00. The van der Waals surface area contributed by atoms with Crippen molar-refractivity contribution in [2.75, 3.05) is 12.4 Å². The molecule has 2 N–H and O–H groups in total. The van der Waals surface area contributed by atoms with Gasteiger partial charge in [-0.2, -0.15) is 0 Å². The van der Waals surface area contributed by atoms with Crippen LogP contribution in [0.25, 0.3) is 11.1 Å². The van der Waals surface area contributed by atoms with Crippen LogP contribution in [0.4, 0.5) is 5.69 Å². The van der Waals surface area contributed by atoms with E-state index in [0.29, 0.717) is 6.42 Å². The van der Waals surface area contributed by atoms with Crippen LogP contribution in [0.15, 0.2) is 53.9 Å². The van der Waals surface area contributed by atoms with Crippen molar-refractivity contribution >= 4 is 22.9 Å². The number of amides is 1. The van der Waals surface area contributed by atoms with Crippen molar-refractivity contribution in [3.63, 3.8) is 0 Å². The number of aromatic hydroxyl groups is 1. The molecule has 4 nitrogen and oxygen atoms in total. The molecule has 0 saturated carbocycles. The Labute approximate surface area is 149 Å². The fourth-order valence-electron chi connectivity index (χ4n) is 3.19. The summed E-state index contributed by atoms with van der Waals surface area (Å²) in [5.74, 6) is 1.06. The minimum absolute atomic E-state index is 0.0127. The number of carbonyl (C=O) groups excluding carboxylic acids is 1. The van der Waals surface area contributed by atoms with Crippen LogP contribution in [0, 0.1) is 0 Å². The average Bonchev–Trinajstić information content (AvgIpc) is 3.05. The molecule has 2 aromatic carbocycles. The Hall–Kier alpha value is -2.79. The Balaban J connectivity index is 1.76. The second kappa shape index (κ2) is 6.26. The quantitative estimate of drug-likeness (QED) is 0.725. The zero-order valence-electron chi connectivity index (χ0n) is 13.7. The molecule has 2 heterocycles. The van der Waals surface area contributed by atoms with Gasteiger partial charge in [0.15, 0.2) is 0 Å². The monoisotopic (exact) mass is 351 g/mol. The van der Waals surface area contributed by atoms with Crippen LogP contribution < -0.4 is 10.1 Å². The molecule has 0 spiro atoms. The molecule has 0 fully saturated rings. The molecule has 5 heteroatoms. The van der Waals surface area contributed by atoms with Gasteiger partial charge in [0.1, 0.15) is 11.5 Å². The normalized spacial score (nSPS) is 16.2. The van der Waals surface area contributed by atoms with Gasteiger partial charge in [-0.1, -0.05) is 24.3 Å². The van der Waals surface area contributed by atoms with E-state index in [2.05, 4.69) is 10.7 Å². The number of hydrogen-bond acceptors (Lipinski definition) is 4. The summed E-state index contributed by atoms with van der Waals surface area (Å²) in [6.45, 7) is 0. The molecule has 0 aliphatic carbocycles. The summed E-state index contributed by atoms with van der Waals surface area (Å²) in [7, 11) is 1.64. The molecule has 4 rings (SSSR count). The third-order valence-electron chi connectivity index (χ3n) is 4.49. The average molecular weight is 351 g/mol. The van der Waals surface area contributed by atoms with Gasteiger partial charge < -0.3 is 15.2 Å². The molecule has 0 radical (unpaired) electrons. The molecule has 1 aliphatic heterocycles. The zero-order chi connectivity index (χ0) is 17.4. The SMILES string of the molecule is COc1ccc(-c2csc3c2NC(=O)C[C@@H]3c2ccc(O)cc2)cc1. The van der Waals surface area contributed by atoms with Crippen LogP contribution in [-0.2, 0) is 4.79 Å². The van der Waals surface area contributed by atoms with Gasteiger partial charge in [-0.25, -0.2) is 0 Å². The van der Waals surface area contributed by atoms with Crippen LogP contribution in [0.2, 0.25) is 0 Å². The van der Waals surface area contributed by atoms with E-state index >= 15 is 0 Å². The first-order valence-corrected chi connectivity index (χ1v) is 8.88. The molecule has 1 amide bonds. The molecular formula is C20H17NO3S. The lowest BCUT2D eigenvalue weighted by atomic mass is 9.89. The Bertz CT molecular complexity index is 913. The van der Waals surface area contributed by atoms with Crippen LogP contribution in [0.1, 0.15) is 22.8 Å². The van der Waals surface area contributed by atoms with Crippen molar-refractivity contribution in [1.29, 1.82) is 0 Å². The zero-order valence-corrected chi connectivity index (χ0v) is 14.5. The smallest absolute Gasteiger partial charge is 0.225 e. The van der Waals surface area contributed by atoms with Crippen molar-refractivity contribution in [3.8, 4) is 22.6 Å². The summed E-state index contributed by atoms with van der Waals surface area (Å²) in [6.07, 6.45) is 0.417. The highest BCUT2D eigenvalue weighted by atomic mass is 32.1. The lowest BCUT2D eigenvalue weighted by Crippen LogP contribution is -2.22. The predicted molar refractivity (Wildman–Crippen MR) is 99.5 cm³/mol. The Morgan fingerprint density at radius 3 is 2.52 bits per heavy atom. The molecule has 126 valence electrons. The van der Waals surface area contributed by atoms with Gasteiger partial charge >= 0.3 is 0 Å². The highest BCUT2D eigenvalue weighted by Gasteiger charge is 2.30. The molecular weight excluding hydrogens is 334 g/mol. The lowest BCUT2D eigenvalue weighted by molar-refractivity contribution is -0.116. The second-order valence-corrected chi connectivity index (χ2v) is 6.92. The van der Waals surface area contributed by atoms with Gasteiger partial charge in [-0.05, 0) is 35.4 Å². The number of benzene rings is 2. The summed E-state index contributed by atoms with van der Waals surface area (Å²) in [4.78, 5) is 13.4. The number of phenols is 1. The Morgan fingerprint density at radius 2 is 1.84 bits per heavy atom. The van der Waals surface area contributed by atoms with E-state index < -0.39 is 0 Å². The molecule has 1 aliphatic rings. The third-order valence-corrected chi connectivity index (χ3v) is 5.58.